The van der Waals surface area contributed by atoms with Crippen molar-refractivity contribution in [2.24, 2.45) is 14.1 Å². The summed E-state index contributed by atoms with van der Waals surface area (Å²) >= 11 is 0. The molecule has 0 aliphatic heterocycles. The number of anilines is 1. The highest BCUT2D eigenvalue weighted by Crippen LogP contribution is 2.25. The Morgan fingerprint density at radius 1 is 0.862 bits per heavy atom. The third-order valence-corrected chi connectivity index (χ3v) is 5.01. The highest BCUT2D eigenvalue weighted by Gasteiger charge is 2.10. The number of benzene rings is 2. The molecule has 1 amide bonds. The van der Waals surface area contributed by atoms with Crippen molar-refractivity contribution in [3.8, 4) is 11.1 Å². The number of pyridine rings is 1. The number of rotatable bonds is 3. The lowest BCUT2D eigenvalue weighted by Gasteiger charge is -2.07. The molecular formula is C22H18N6O. The topological polar surface area (TPSA) is 77.6 Å². The number of hydrogen-bond donors (Lipinski definition) is 1. The lowest BCUT2D eigenvalue weighted by molar-refractivity contribution is 0.102. The van der Waals surface area contributed by atoms with Gasteiger partial charge in [-0.2, -0.15) is 10.2 Å². The minimum absolute atomic E-state index is 0.203. The Morgan fingerprint density at radius 3 is 2.59 bits per heavy atom. The Hall–Kier alpha value is -4.00. The first-order chi connectivity index (χ1) is 14.1. The highest BCUT2D eigenvalue weighted by molar-refractivity contribution is 6.06. The van der Waals surface area contributed by atoms with Gasteiger partial charge in [-0.05, 0) is 41.3 Å². The van der Waals surface area contributed by atoms with Gasteiger partial charge in [0, 0.05) is 48.4 Å². The van der Waals surface area contributed by atoms with Gasteiger partial charge in [0.25, 0.3) is 5.91 Å². The summed E-state index contributed by atoms with van der Waals surface area (Å²) in [6, 6.07) is 13.5. The maximum atomic E-state index is 12.7. The number of aromatic nitrogens is 5. The van der Waals surface area contributed by atoms with Crippen LogP contribution in [-0.4, -0.2) is 30.5 Å². The third-order valence-electron chi connectivity index (χ3n) is 5.01. The molecule has 3 aromatic heterocycles. The van der Waals surface area contributed by atoms with Crippen molar-refractivity contribution in [1.29, 1.82) is 0 Å². The van der Waals surface area contributed by atoms with Gasteiger partial charge in [-0.15, -0.1) is 0 Å². The first-order valence-electron chi connectivity index (χ1n) is 9.19. The zero-order chi connectivity index (χ0) is 20.0. The number of hydrogen-bond acceptors (Lipinski definition) is 4. The summed E-state index contributed by atoms with van der Waals surface area (Å²) in [5.41, 5.74) is 3.66. The molecule has 0 unspecified atom stereocenters. The molecule has 1 N–H and O–H groups in total. The van der Waals surface area contributed by atoms with E-state index in [2.05, 4.69) is 26.6 Å². The number of carbonyl (C=O) groups is 1. The van der Waals surface area contributed by atoms with E-state index in [4.69, 9.17) is 0 Å². The Balaban J connectivity index is 1.45. The van der Waals surface area contributed by atoms with E-state index < -0.39 is 0 Å². The van der Waals surface area contributed by atoms with Crippen molar-refractivity contribution in [1.82, 2.24) is 24.5 Å². The van der Waals surface area contributed by atoms with Gasteiger partial charge < -0.3 is 5.32 Å². The molecule has 0 aliphatic rings. The van der Waals surface area contributed by atoms with Crippen LogP contribution in [-0.2, 0) is 14.1 Å². The Morgan fingerprint density at radius 2 is 1.76 bits per heavy atom. The fraction of sp³-hybridized carbons (Fsp3) is 0.0909. The summed E-state index contributed by atoms with van der Waals surface area (Å²) < 4.78 is 3.55. The van der Waals surface area contributed by atoms with Crippen LogP contribution in [0.1, 0.15) is 10.4 Å². The van der Waals surface area contributed by atoms with E-state index in [0.29, 0.717) is 11.4 Å². The van der Waals surface area contributed by atoms with Crippen LogP contribution in [0, 0.1) is 0 Å². The van der Waals surface area contributed by atoms with Crippen LogP contribution in [0.25, 0.3) is 32.8 Å². The summed E-state index contributed by atoms with van der Waals surface area (Å²) in [5, 5.41) is 14.3. The van der Waals surface area contributed by atoms with Crippen LogP contribution >= 0.6 is 0 Å². The van der Waals surface area contributed by atoms with Crippen LogP contribution in [0.3, 0.4) is 0 Å². The fourth-order valence-corrected chi connectivity index (χ4v) is 3.45. The van der Waals surface area contributed by atoms with Gasteiger partial charge in [-0.1, -0.05) is 12.1 Å². The monoisotopic (exact) mass is 382 g/mol. The first-order valence-corrected chi connectivity index (χ1v) is 9.19. The van der Waals surface area contributed by atoms with Crippen LogP contribution < -0.4 is 5.32 Å². The van der Waals surface area contributed by atoms with E-state index in [0.717, 1.165) is 32.8 Å². The summed E-state index contributed by atoms with van der Waals surface area (Å²) in [7, 11) is 3.77. The minimum Gasteiger partial charge on any atom is -0.307 e. The zero-order valence-electron chi connectivity index (χ0n) is 16.0. The lowest BCUT2D eigenvalue weighted by Crippen LogP contribution is -2.12. The molecule has 0 spiro atoms. The van der Waals surface area contributed by atoms with Crippen LogP contribution in [0.2, 0.25) is 0 Å². The predicted octanol–water partition coefficient (Wildman–Crippen LogP) is 3.77. The summed E-state index contributed by atoms with van der Waals surface area (Å²) in [5.74, 6) is 0.308. The quantitative estimate of drug-likeness (QED) is 0.515. The van der Waals surface area contributed by atoms with Gasteiger partial charge in [-0.3, -0.25) is 14.2 Å². The Labute approximate surface area is 166 Å². The van der Waals surface area contributed by atoms with Crippen molar-refractivity contribution in [2.75, 3.05) is 5.32 Å². The second-order valence-corrected chi connectivity index (χ2v) is 7.03. The average molecular weight is 382 g/mol. The zero-order valence-corrected chi connectivity index (χ0v) is 16.0. The molecule has 2 aromatic carbocycles. The molecule has 7 nitrogen and oxygen atoms in total. The van der Waals surface area contributed by atoms with Crippen LogP contribution in [0.15, 0.2) is 67.3 Å². The second kappa shape index (κ2) is 6.56. The Kier molecular flexibility index (Phi) is 3.87. The molecule has 29 heavy (non-hydrogen) atoms. The van der Waals surface area contributed by atoms with Gasteiger partial charge in [0.05, 0.1) is 17.9 Å². The molecule has 0 radical (unpaired) electrons. The van der Waals surface area contributed by atoms with Crippen LogP contribution in [0.4, 0.5) is 5.82 Å². The molecule has 5 aromatic rings. The average Bonchev–Trinajstić information content (AvgIpc) is 3.33. The van der Waals surface area contributed by atoms with Crippen molar-refractivity contribution < 1.29 is 4.79 Å². The molecule has 0 fully saturated rings. The largest absolute Gasteiger partial charge is 0.307 e. The Bertz CT molecular complexity index is 1380. The number of nitrogens with one attached hydrogen (secondary N) is 1. The van der Waals surface area contributed by atoms with Gasteiger partial charge in [0.15, 0.2) is 0 Å². The van der Waals surface area contributed by atoms with Crippen LogP contribution in [0.5, 0.6) is 0 Å². The molecule has 0 saturated carbocycles. The minimum atomic E-state index is -0.203. The molecule has 7 heteroatoms. The van der Waals surface area contributed by atoms with Gasteiger partial charge in [0.2, 0.25) is 0 Å². The van der Waals surface area contributed by atoms with Crippen molar-refractivity contribution >= 4 is 33.4 Å². The lowest BCUT2D eigenvalue weighted by atomic mass is 10.0. The molecule has 0 atom stereocenters. The van der Waals surface area contributed by atoms with E-state index in [1.54, 1.807) is 27.8 Å². The maximum Gasteiger partial charge on any atom is 0.256 e. The first kappa shape index (κ1) is 17.1. The van der Waals surface area contributed by atoms with E-state index >= 15 is 0 Å². The fourth-order valence-electron chi connectivity index (χ4n) is 3.45. The smallest absolute Gasteiger partial charge is 0.256 e. The molecule has 0 bridgehead atoms. The summed E-state index contributed by atoms with van der Waals surface area (Å²) in [6.07, 6.45) is 7.32. The normalized spacial score (nSPS) is 11.2. The SMILES string of the molecule is Cn1cc(-c2ccc3cnc(NC(=O)c4ccc5c(cnn5C)c4)cc3c2)cn1. The van der Waals surface area contributed by atoms with Gasteiger partial charge >= 0.3 is 0 Å². The van der Waals surface area contributed by atoms with Crippen molar-refractivity contribution in [3.63, 3.8) is 0 Å². The molecule has 0 aliphatic carbocycles. The van der Waals surface area contributed by atoms with Gasteiger partial charge in [-0.25, -0.2) is 4.98 Å². The highest BCUT2D eigenvalue weighted by atomic mass is 16.1. The molecule has 142 valence electrons. The molecule has 3 heterocycles. The van der Waals surface area contributed by atoms with Gasteiger partial charge in [0.1, 0.15) is 5.82 Å². The van der Waals surface area contributed by atoms with E-state index in [1.807, 2.05) is 56.8 Å². The number of nitrogens with zero attached hydrogens (tertiary/aromatic N) is 5. The number of amides is 1. The van der Waals surface area contributed by atoms with Crippen molar-refractivity contribution in [2.45, 2.75) is 0 Å². The summed E-state index contributed by atoms with van der Waals surface area (Å²) in [6.45, 7) is 0. The number of carbonyl (C=O) groups excluding carboxylic acids is 1. The third kappa shape index (κ3) is 3.12. The number of fused-ring (bicyclic) bond motifs is 2. The second-order valence-electron chi connectivity index (χ2n) is 7.03. The van der Waals surface area contributed by atoms with E-state index in [9.17, 15) is 4.79 Å². The number of aryl methyl sites for hydroxylation is 2. The standard InChI is InChI=1S/C22H18N6O/c1-27-13-19(12-24-27)14-3-4-16-10-23-21(9-17(16)7-14)26-22(29)15-5-6-20-18(8-15)11-25-28(20)2/h3-13H,1-2H3,(H,23,26,29). The maximum absolute atomic E-state index is 12.7. The molecule has 0 saturated heterocycles. The van der Waals surface area contributed by atoms with E-state index in [-0.39, 0.29) is 5.91 Å². The summed E-state index contributed by atoms with van der Waals surface area (Å²) in [4.78, 5) is 17.1. The molecular weight excluding hydrogens is 364 g/mol. The molecule has 5 rings (SSSR count). The predicted molar refractivity (Wildman–Crippen MR) is 113 cm³/mol. The van der Waals surface area contributed by atoms with Crippen molar-refractivity contribution in [3.05, 3.63) is 72.8 Å². The van der Waals surface area contributed by atoms with E-state index in [1.165, 1.54) is 0 Å².